The number of hydrogen-bond acceptors (Lipinski definition) is 6. The highest BCUT2D eigenvalue weighted by molar-refractivity contribution is 7.16. The SMILES string of the molecule is CCOc1ccccc1CCC(=O)Nc1sc2c(c1C#N)CCN(C(=O)CCO)C2. The molecule has 0 radical (unpaired) electrons. The van der Waals surface area contributed by atoms with Gasteiger partial charge in [0.1, 0.15) is 16.8 Å². The number of aliphatic hydroxyl groups excluding tert-OH is 1. The Kier molecular flexibility index (Phi) is 7.44. The fraction of sp³-hybridized carbons (Fsp3) is 0.409. The number of ether oxygens (including phenoxy) is 1. The minimum Gasteiger partial charge on any atom is -0.494 e. The summed E-state index contributed by atoms with van der Waals surface area (Å²) in [5, 5.41) is 22.0. The topological polar surface area (TPSA) is 103 Å². The fourth-order valence-corrected chi connectivity index (χ4v) is 4.75. The lowest BCUT2D eigenvalue weighted by Gasteiger charge is -2.26. The second-order valence-electron chi connectivity index (χ2n) is 6.95. The van der Waals surface area contributed by atoms with Gasteiger partial charge in [-0.1, -0.05) is 18.2 Å². The Bertz CT molecular complexity index is 964. The van der Waals surface area contributed by atoms with Gasteiger partial charge < -0.3 is 20.1 Å². The number of nitrogens with one attached hydrogen (secondary N) is 1. The zero-order valence-corrected chi connectivity index (χ0v) is 17.8. The third kappa shape index (κ3) is 4.99. The maximum absolute atomic E-state index is 12.5. The van der Waals surface area contributed by atoms with Gasteiger partial charge in [0, 0.05) is 24.3 Å². The molecule has 0 fully saturated rings. The zero-order valence-electron chi connectivity index (χ0n) is 16.9. The molecule has 0 atom stereocenters. The van der Waals surface area contributed by atoms with E-state index in [1.54, 1.807) is 4.90 Å². The molecule has 0 unspecified atom stereocenters. The summed E-state index contributed by atoms with van der Waals surface area (Å²) in [5.74, 6) is 0.517. The van der Waals surface area contributed by atoms with Crippen LogP contribution in [0.2, 0.25) is 0 Å². The van der Waals surface area contributed by atoms with Crippen LogP contribution in [-0.2, 0) is 29.0 Å². The number of carbonyl (C=O) groups excluding carboxylic acids is 2. The molecule has 2 heterocycles. The molecule has 0 spiro atoms. The van der Waals surface area contributed by atoms with Gasteiger partial charge in [-0.3, -0.25) is 9.59 Å². The number of benzene rings is 1. The van der Waals surface area contributed by atoms with Crippen LogP contribution in [-0.4, -0.2) is 41.6 Å². The van der Waals surface area contributed by atoms with E-state index in [1.165, 1.54) is 11.3 Å². The van der Waals surface area contributed by atoms with Crippen LogP contribution in [0, 0.1) is 11.3 Å². The predicted molar refractivity (Wildman–Crippen MR) is 114 cm³/mol. The van der Waals surface area contributed by atoms with Gasteiger partial charge in [0.2, 0.25) is 11.8 Å². The normalized spacial score (nSPS) is 12.8. The smallest absolute Gasteiger partial charge is 0.225 e. The van der Waals surface area contributed by atoms with Crippen LogP contribution < -0.4 is 10.1 Å². The second kappa shape index (κ2) is 10.2. The molecular formula is C22H25N3O4S. The highest BCUT2D eigenvalue weighted by Gasteiger charge is 2.27. The average Bonchev–Trinajstić information content (AvgIpc) is 3.09. The predicted octanol–water partition coefficient (Wildman–Crippen LogP) is 2.86. The zero-order chi connectivity index (χ0) is 21.5. The first-order chi connectivity index (χ1) is 14.6. The standard InChI is InChI=1S/C22H25N3O4S/c1-2-29-18-6-4-3-5-15(18)7-8-20(27)24-22-17(13-23)16-9-11-25(14-19(16)30-22)21(28)10-12-26/h3-6,26H,2,7-12,14H2,1H3,(H,24,27). The van der Waals surface area contributed by atoms with E-state index in [2.05, 4.69) is 11.4 Å². The van der Waals surface area contributed by atoms with E-state index in [1.807, 2.05) is 31.2 Å². The van der Waals surface area contributed by atoms with Crippen molar-refractivity contribution in [2.45, 2.75) is 39.2 Å². The molecule has 1 aliphatic heterocycles. The molecule has 0 aliphatic carbocycles. The van der Waals surface area contributed by atoms with Crippen LogP contribution in [0.25, 0.3) is 0 Å². The summed E-state index contributed by atoms with van der Waals surface area (Å²) < 4.78 is 5.61. The number of nitriles is 1. The number of thiophene rings is 1. The monoisotopic (exact) mass is 427 g/mol. The van der Waals surface area contributed by atoms with Crippen molar-refractivity contribution in [1.29, 1.82) is 5.26 Å². The number of amides is 2. The van der Waals surface area contributed by atoms with Crippen LogP contribution in [0.15, 0.2) is 24.3 Å². The van der Waals surface area contributed by atoms with Crippen LogP contribution in [0.4, 0.5) is 5.00 Å². The molecular weight excluding hydrogens is 402 g/mol. The van der Waals surface area contributed by atoms with Crippen molar-refractivity contribution in [3.05, 3.63) is 45.8 Å². The Morgan fingerprint density at radius 2 is 2.13 bits per heavy atom. The summed E-state index contributed by atoms with van der Waals surface area (Å²) in [6.07, 6.45) is 1.49. The van der Waals surface area contributed by atoms with E-state index < -0.39 is 0 Å². The molecule has 2 amide bonds. The highest BCUT2D eigenvalue weighted by Crippen LogP contribution is 2.37. The quantitative estimate of drug-likeness (QED) is 0.674. The Hall–Kier alpha value is -2.89. The van der Waals surface area contributed by atoms with Crippen molar-refractivity contribution in [3.8, 4) is 11.8 Å². The molecule has 0 saturated heterocycles. The molecule has 158 valence electrons. The molecule has 2 N–H and O–H groups in total. The first-order valence-corrected chi connectivity index (χ1v) is 10.8. The molecule has 7 nitrogen and oxygen atoms in total. The number of aryl methyl sites for hydroxylation is 1. The van der Waals surface area contributed by atoms with Crippen LogP contribution >= 0.6 is 11.3 Å². The summed E-state index contributed by atoms with van der Waals surface area (Å²) >= 11 is 1.35. The van der Waals surface area contributed by atoms with Crippen molar-refractivity contribution in [1.82, 2.24) is 4.90 Å². The van der Waals surface area contributed by atoms with Gasteiger partial charge in [0.05, 0.1) is 25.3 Å². The first kappa shape index (κ1) is 21.8. The Labute approximate surface area is 179 Å². The van der Waals surface area contributed by atoms with Crippen molar-refractivity contribution < 1.29 is 19.4 Å². The number of fused-ring (bicyclic) bond motifs is 1. The lowest BCUT2D eigenvalue weighted by molar-refractivity contribution is -0.132. The fourth-order valence-electron chi connectivity index (χ4n) is 3.52. The lowest BCUT2D eigenvalue weighted by atomic mass is 10.0. The largest absolute Gasteiger partial charge is 0.494 e. The highest BCUT2D eigenvalue weighted by atomic mass is 32.1. The summed E-state index contributed by atoms with van der Waals surface area (Å²) in [5.41, 5.74) is 2.37. The number of para-hydroxylation sites is 1. The van der Waals surface area contributed by atoms with Crippen LogP contribution in [0.3, 0.4) is 0 Å². The molecule has 2 aromatic rings. The molecule has 30 heavy (non-hydrogen) atoms. The molecule has 0 bridgehead atoms. The van der Waals surface area contributed by atoms with Gasteiger partial charge in [-0.15, -0.1) is 11.3 Å². The van der Waals surface area contributed by atoms with Gasteiger partial charge in [0.25, 0.3) is 0 Å². The molecule has 8 heteroatoms. The maximum Gasteiger partial charge on any atom is 0.225 e. The van der Waals surface area contributed by atoms with Crippen LogP contribution in [0.1, 0.15) is 41.3 Å². The molecule has 1 aromatic carbocycles. The van der Waals surface area contributed by atoms with Crippen molar-refractivity contribution in [2.75, 3.05) is 25.1 Å². The third-order valence-corrected chi connectivity index (χ3v) is 6.13. The average molecular weight is 428 g/mol. The summed E-state index contributed by atoms with van der Waals surface area (Å²) in [6, 6.07) is 9.86. The Balaban J connectivity index is 1.67. The van der Waals surface area contributed by atoms with E-state index in [0.29, 0.717) is 43.1 Å². The van der Waals surface area contributed by atoms with Gasteiger partial charge in [-0.25, -0.2) is 0 Å². The Morgan fingerprint density at radius 1 is 1.33 bits per heavy atom. The van der Waals surface area contributed by atoms with E-state index >= 15 is 0 Å². The van der Waals surface area contributed by atoms with Gasteiger partial charge in [0.15, 0.2) is 0 Å². The Morgan fingerprint density at radius 3 is 2.87 bits per heavy atom. The maximum atomic E-state index is 12.5. The van der Waals surface area contributed by atoms with Gasteiger partial charge in [-0.2, -0.15) is 5.26 Å². The molecule has 1 aliphatic rings. The number of aliphatic hydroxyl groups is 1. The molecule has 0 saturated carbocycles. The van der Waals surface area contributed by atoms with E-state index in [9.17, 15) is 14.9 Å². The molecule has 1 aromatic heterocycles. The number of nitrogens with zero attached hydrogens (tertiary/aromatic N) is 2. The van der Waals surface area contributed by atoms with E-state index in [4.69, 9.17) is 9.84 Å². The number of hydrogen-bond donors (Lipinski definition) is 2. The number of carbonyl (C=O) groups is 2. The first-order valence-electron chi connectivity index (χ1n) is 10.0. The minimum atomic E-state index is -0.177. The van der Waals surface area contributed by atoms with Crippen molar-refractivity contribution >= 4 is 28.2 Å². The second-order valence-corrected chi connectivity index (χ2v) is 8.05. The number of anilines is 1. The van der Waals surface area contributed by atoms with E-state index in [0.717, 1.165) is 21.8 Å². The number of rotatable bonds is 8. The van der Waals surface area contributed by atoms with E-state index in [-0.39, 0.29) is 31.3 Å². The van der Waals surface area contributed by atoms with Crippen molar-refractivity contribution in [2.24, 2.45) is 0 Å². The summed E-state index contributed by atoms with van der Waals surface area (Å²) in [6.45, 7) is 3.23. The third-order valence-electron chi connectivity index (χ3n) is 4.99. The lowest BCUT2D eigenvalue weighted by Crippen LogP contribution is -2.35. The summed E-state index contributed by atoms with van der Waals surface area (Å²) in [7, 11) is 0. The van der Waals surface area contributed by atoms with Gasteiger partial charge >= 0.3 is 0 Å². The van der Waals surface area contributed by atoms with Crippen molar-refractivity contribution in [3.63, 3.8) is 0 Å². The van der Waals surface area contributed by atoms with Gasteiger partial charge in [-0.05, 0) is 37.0 Å². The molecule has 3 rings (SSSR count). The van der Waals surface area contributed by atoms with Crippen LogP contribution in [0.5, 0.6) is 5.75 Å². The summed E-state index contributed by atoms with van der Waals surface area (Å²) in [4.78, 5) is 27.2. The minimum absolute atomic E-state index is 0.0959.